The molecule has 0 unspecified atom stereocenters. The van der Waals surface area contributed by atoms with Crippen molar-refractivity contribution in [3.8, 4) is 5.69 Å². The molecule has 0 bridgehead atoms. The number of carbonyl (C=O) groups excluding carboxylic acids is 2. The second-order valence-corrected chi connectivity index (χ2v) is 6.15. The van der Waals surface area contributed by atoms with Crippen molar-refractivity contribution < 1.29 is 14.7 Å². The minimum Gasteiger partial charge on any atom is -0.507 e. The molecule has 0 aliphatic heterocycles. The molecular weight excluding hydrogens is 358 g/mol. The third kappa shape index (κ3) is 3.64. The van der Waals surface area contributed by atoms with Gasteiger partial charge >= 0.3 is 0 Å². The first-order chi connectivity index (χ1) is 13.4. The molecule has 2 aromatic carbocycles. The van der Waals surface area contributed by atoms with Crippen molar-refractivity contribution in [2.75, 3.05) is 5.32 Å². The number of aromatic nitrogens is 2. The lowest BCUT2D eigenvalue weighted by atomic mass is 10.1. The Bertz CT molecular complexity index is 1110. The first-order valence-electron chi connectivity index (χ1n) is 8.55. The van der Waals surface area contributed by atoms with Gasteiger partial charge in [-0.2, -0.15) is 0 Å². The zero-order valence-electron chi connectivity index (χ0n) is 15.4. The maximum atomic E-state index is 12.8. The van der Waals surface area contributed by atoms with Crippen molar-refractivity contribution in [2.45, 2.75) is 6.92 Å². The number of aliphatic hydroxyl groups excluding tert-OH is 1. The highest BCUT2D eigenvalue weighted by Crippen LogP contribution is 2.15. The van der Waals surface area contributed by atoms with Crippen LogP contribution in [0.4, 0.5) is 5.69 Å². The highest BCUT2D eigenvalue weighted by atomic mass is 16.3. The van der Waals surface area contributed by atoms with E-state index in [1.807, 2.05) is 6.07 Å². The van der Waals surface area contributed by atoms with E-state index in [9.17, 15) is 19.5 Å². The number of rotatable bonds is 5. The fourth-order valence-corrected chi connectivity index (χ4v) is 2.77. The Morgan fingerprint density at radius 3 is 2.18 bits per heavy atom. The van der Waals surface area contributed by atoms with Gasteiger partial charge in [-0.3, -0.25) is 19.1 Å². The molecule has 28 heavy (non-hydrogen) atoms. The van der Waals surface area contributed by atoms with Crippen molar-refractivity contribution in [3.63, 3.8) is 0 Å². The highest BCUT2D eigenvalue weighted by molar-refractivity contribution is 6.45. The van der Waals surface area contributed by atoms with Gasteiger partial charge in [0, 0.05) is 18.7 Å². The zero-order chi connectivity index (χ0) is 20.3. The zero-order valence-corrected chi connectivity index (χ0v) is 15.4. The molecule has 0 saturated carbocycles. The molecule has 0 fully saturated rings. The smallest absolute Gasteiger partial charge is 0.296 e. The van der Waals surface area contributed by atoms with E-state index in [4.69, 9.17) is 0 Å². The molecule has 1 amide bonds. The Morgan fingerprint density at radius 2 is 1.57 bits per heavy atom. The van der Waals surface area contributed by atoms with Crippen LogP contribution in [0.15, 0.2) is 71.5 Å². The van der Waals surface area contributed by atoms with E-state index in [1.165, 1.54) is 4.68 Å². The minimum absolute atomic E-state index is 0.0114. The molecule has 0 spiro atoms. The molecule has 1 aromatic heterocycles. The Hall–Kier alpha value is -3.87. The number of anilines is 1. The molecular formula is C21H19N3O4. The Balaban J connectivity index is 1.87. The van der Waals surface area contributed by atoms with E-state index in [2.05, 4.69) is 5.32 Å². The van der Waals surface area contributed by atoms with Crippen molar-refractivity contribution in [3.05, 3.63) is 88.4 Å². The number of ketones is 1. The van der Waals surface area contributed by atoms with Crippen molar-refractivity contribution in [1.29, 1.82) is 0 Å². The molecule has 2 N–H and O–H groups in total. The summed E-state index contributed by atoms with van der Waals surface area (Å²) in [4.78, 5) is 37.2. The van der Waals surface area contributed by atoms with E-state index in [0.29, 0.717) is 16.9 Å². The van der Waals surface area contributed by atoms with Crippen LogP contribution in [0.2, 0.25) is 0 Å². The molecule has 3 rings (SSSR count). The van der Waals surface area contributed by atoms with Gasteiger partial charge in [0.05, 0.1) is 11.4 Å². The number of amides is 1. The Labute approximate surface area is 161 Å². The summed E-state index contributed by atoms with van der Waals surface area (Å²) in [6.45, 7) is 1.66. The predicted octanol–water partition coefficient (Wildman–Crippen LogP) is 2.59. The summed E-state index contributed by atoms with van der Waals surface area (Å²) in [5.41, 5.74) is 1.09. The normalized spacial score (nSPS) is 11.3. The lowest BCUT2D eigenvalue weighted by Crippen LogP contribution is -2.26. The van der Waals surface area contributed by atoms with Crippen LogP contribution >= 0.6 is 0 Å². The molecule has 0 saturated heterocycles. The molecule has 0 radical (unpaired) electrons. The molecule has 0 aliphatic rings. The lowest BCUT2D eigenvalue weighted by Gasteiger charge is -2.07. The van der Waals surface area contributed by atoms with Crippen molar-refractivity contribution in [1.82, 2.24) is 9.36 Å². The molecule has 7 nitrogen and oxygen atoms in total. The number of para-hydroxylation sites is 1. The summed E-state index contributed by atoms with van der Waals surface area (Å²) >= 11 is 0. The van der Waals surface area contributed by atoms with Crippen LogP contribution in [0.3, 0.4) is 0 Å². The first-order valence-corrected chi connectivity index (χ1v) is 8.55. The highest BCUT2D eigenvalue weighted by Gasteiger charge is 2.21. The van der Waals surface area contributed by atoms with Crippen LogP contribution in [0, 0.1) is 6.92 Å². The predicted molar refractivity (Wildman–Crippen MR) is 106 cm³/mol. The van der Waals surface area contributed by atoms with Crippen molar-refractivity contribution in [2.24, 2.45) is 7.05 Å². The molecule has 1 heterocycles. The monoisotopic (exact) mass is 377 g/mol. The number of hydrogen-bond acceptors (Lipinski definition) is 4. The Morgan fingerprint density at radius 1 is 1.00 bits per heavy atom. The third-order valence-corrected chi connectivity index (χ3v) is 4.35. The summed E-state index contributed by atoms with van der Waals surface area (Å²) in [6, 6.07) is 17.3. The number of nitrogens with zero attached hydrogens (tertiary/aromatic N) is 2. The van der Waals surface area contributed by atoms with Crippen LogP contribution < -0.4 is 10.9 Å². The van der Waals surface area contributed by atoms with E-state index in [1.54, 1.807) is 73.3 Å². The first kappa shape index (κ1) is 18.9. The maximum Gasteiger partial charge on any atom is 0.296 e. The SMILES string of the molecule is Cc1c(NC(=O)C(=O)C=C(O)c2ccccc2)c(=O)n(-c2ccccc2)n1C. The quantitative estimate of drug-likeness (QED) is 0.406. The summed E-state index contributed by atoms with van der Waals surface area (Å²) in [5.74, 6) is -2.30. The van der Waals surface area contributed by atoms with Gasteiger partial charge in [0.2, 0.25) is 5.78 Å². The lowest BCUT2D eigenvalue weighted by molar-refractivity contribution is -0.132. The topological polar surface area (TPSA) is 93.3 Å². The second-order valence-electron chi connectivity index (χ2n) is 6.15. The third-order valence-electron chi connectivity index (χ3n) is 4.35. The van der Waals surface area contributed by atoms with Gasteiger partial charge in [-0.25, -0.2) is 4.68 Å². The average Bonchev–Trinajstić information content (AvgIpc) is 2.92. The van der Waals surface area contributed by atoms with Gasteiger partial charge in [0.1, 0.15) is 11.4 Å². The van der Waals surface area contributed by atoms with Crippen LogP contribution in [0.5, 0.6) is 0 Å². The number of carbonyl (C=O) groups is 2. The molecule has 7 heteroatoms. The number of hydrogen-bond donors (Lipinski definition) is 2. The summed E-state index contributed by atoms with van der Waals surface area (Å²) < 4.78 is 2.99. The van der Waals surface area contributed by atoms with Gasteiger partial charge in [-0.15, -0.1) is 0 Å². The number of nitrogens with one attached hydrogen (secondary N) is 1. The second kappa shape index (κ2) is 7.79. The van der Waals surface area contributed by atoms with Gasteiger partial charge in [-0.1, -0.05) is 48.5 Å². The molecule has 142 valence electrons. The largest absolute Gasteiger partial charge is 0.507 e. The van der Waals surface area contributed by atoms with E-state index in [-0.39, 0.29) is 11.4 Å². The van der Waals surface area contributed by atoms with E-state index < -0.39 is 17.2 Å². The van der Waals surface area contributed by atoms with Crippen LogP contribution in [-0.4, -0.2) is 26.2 Å². The van der Waals surface area contributed by atoms with Crippen LogP contribution in [0.1, 0.15) is 11.3 Å². The number of aliphatic hydroxyl groups is 1. The van der Waals surface area contributed by atoms with Gasteiger partial charge < -0.3 is 10.4 Å². The van der Waals surface area contributed by atoms with Crippen molar-refractivity contribution >= 4 is 23.1 Å². The maximum absolute atomic E-state index is 12.8. The molecule has 0 aliphatic carbocycles. The fraction of sp³-hybridized carbons (Fsp3) is 0.0952. The summed E-state index contributed by atoms with van der Waals surface area (Å²) in [5, 5.41) is 12.4. The van der Waals surface area contributed by atoms with E-state index in [0.717, 1.165) is 6.08 Å². The number of benzene rings is 2. The fourth-order valence-electron chi connectivity index (χ4n) is 2.77. The van der Waals surface area contributed by atoms with Crippen LogP contribution in [0.25, 0.3) is 11.4 Å². The molecule has 0 atom stereocenters. The summed E-state index contributed by atoms with van der Waals surface area (Å²) in [7, 11) is 1.68. The van der Waals surface area contributed by atoms with Crippen LogP contribution in [-0.2, 0) is 16.6 Å². The molecule has 3 aromatic rings. The van der Waals surface area contributed by atoms with Gasteiger partial charge in [0.15, 0.2) is 0 Å². The van der Waals surface area contributed by atoms with Gasteiger partial charge in [0.25, 0.3) is 11.5 Å². The Kier molecular flexibility index (Phi) is 5.26. The standard InChI is InChI=1S/C21H19N3O4/c1-14-19(21(28)24(23(14)2)16-11-7-4-8-12-16)22-20(27)18(26)13-17(25)15-9-5-3-6-10-15/h3-13,25H,1-2H3,(H,22,27). The van der Waals surface area contributed by atoms with E-state index >= 15 is 0 Å². The van der Waals surface area contributed by atoms with Gasteiger partial charge in [-0.05, 0) is 19.1 Å². The minimum atomic E-state index is -1.01. The average molecular weight is 377 g/mol. The summed E-state index contributed by atoms with van der Waals surface area (Å²) in [6.07, 6.45) is 0.832.